The molecule has 17 heavy (non-hydrogen) atoms. The van der Waals surface area contributed by atoms with Crippen molar-refractivity contribution in [2.45, 2.75) is 13.0 Å². The second-order valence-corrected chi connectivity index (χ2v) is 4.04. The molecule has 5 heteroatoms. The molecule has 4 nitrogen and oxygen atoms in total. The Bertz CT molecular complexity index is 510. The fourth-order valence-electron chi connectivity index (χ4n) is 1.43. The Kier molecular flexibility index (Phi) is 3.44. The lowest BCUT2D eigenvalue weighted by molar-refractivity contribution is -0.119. The number of aromatic nitrogens is 2. The maximum atomic E-state index is 11.9. The number of hydrogen-bond donors (Lipinski definition) is 1. The second kappa shape index (κ2) is 5.01. The fraction of sp³-hybridized carbons (Fsp3) is 0.167. The van der Waals surface area contributed by atoms with Crippen LogP contribution in [0.4, 0.5) is 5.69 Å². The Morgan fingerprint density at radius 1 is 1.41 bits per heavy atom. The molecule has 0 saturated carbocycles. The Hall–Kier alpha value is -1.81. The summed E-state index contributed by atoms with van der Waals surface area (Å²) in [6.07, 6.45) is 3.39. The van der Waals surface area contributed by atoms with Gasteiger partial charge in [-0.2, -0.15) is 5.10 Å². The molecular formula is C12H12ClN3O. The van der Waals surface area contributed by atoms with E-state index >= 15 is 0 Å². The standard InChI is InChI=1S/C12H12ClN3O/c1-9(16-8-4-7-14-16)12(17)15-11-6-3-2-5-10(11)13/h2-9H,1H3,(H,15,17). The van der Waals surface area contributed by atoms with Crippen LogP contribution in [0.25, 0.3) is 0 Å². The van der Waals surface area contributed by atoms with E-state index < -0.39 is 0 Å². The molecule has 1 unspecified atom stereocenters. The van der Waals surface area contributed by atoms with E-state index in [1.807, 2.05) is 12.1 Å². The highest BCUT2D eigenvalue weighted by atomic mass is 35.5. The van der Waals surface area contributed by atoms with Crippen molar-refractivity contribution >= 4 is 23.2 Å². The van der Waals surface area contributed by atoms with Gasteiger partial charge in [-0.25, -0.2) is 0 Å². The molecule has 0 bridgehead atoms. The van der Waals surface area contributed by atoms with E-state index in [-0.39, 0.29) is 11.9 Å². The van der Waals surface area contributed by atoms with Gasteiger partial charge in [0.1, 0.15) is 6.04 Å². The van der Waals surface area contributed by atoms with E-state index in [1.54, 1.807) is 42.2 Å². The quantitative estimate of drug-likeness (QED) is 0.909. The average Bonchev–Trinajstić information content (AvgIpc) is 2.84. The summed E-state index contributed by atoms with van der Waals surface area (Å²) in [4.78, 5) is 11.9. The van der Waals surface area contributed by atoms with E-state index in [4.69, 9.17) is 11.6 Å². The van der Waals surface area contributed by atoms with Gasteiger partial charge in [0.25, 0.3) is 0 Å². The third kappa shape index (κ3) is 2.65. The fourth-order valence-corrected chi connectivity index (χ4v) is 1.61. The number of nitrogens with one attached hydrogen (secondary N) is 1. The summed E-state index contributed by atoms with van der Waals surface area (Å²) in [6, 6.07) is 8.53. The van der Waals surface area contributed by atoms with Crippen LogP contribution in [0.3, 0.4) is 0 Å². The molecule has 0 spiro atoms. The van der Waals surface area contributed by atoms with Crippen molar-refractivity contribution in [2.24, 2.45) is 0 Å². The molecule has 0 aliphatic rings. The van der Waals surface area contributed by atoms with Crippen LogP contribution in [0.2, 0.25) is 5.02 Å². The SMILES string of the molecule is CC(C(=O)Nc1ccccc1Cl)n1cccn1. The minimum absolute atomic E-state index is 0.151. The lowest BCUT2D eigenvalue weighted by Gasteiger charge is -2.13. The first-order valence-electron chi connectivity index (χ1n) is 5.23. The molecule has 1 atom stereocenters. The second-order valence-electron chi connectivity index (χ2n) is 3.63. The van der Waals surface area contributed by atoms with Crippen LogP contribution < -0.4 is 5.32 Å². The van der Waals surface area contributed by atoms with Crippen molar-refractivity contribution in [3.05, 3.63) is 47.7 Å². The van der Waals surface area contributed by atoms with Crippen molar-refractivity contribution in [1.82, 2.24) is 9.78 Å². The molecular weight excluding hydrogens is 238 g/mol. The van der Waals surface area contributed by atoms with Gasteiger partial charge in [-0.3, -0.25) is 9.48 Å². The topological polar surface area (TPSA) is 46.9 Å². The average molecular weight is 250 g/mol. The molecule has 0 aliphatic carbocycles. The predicted octanol–water partition coefficient (Wildman–Crippen LogP) is 2.74. The van der Waals surface area contributed by atoms with Gasteiger partial charge >= 0.3 is 0 Å². The molecule has 2 aromatic rings. The van der Waals surface area contributed by atoms with E-state index in [2.05, 4.69) is 10.4 Å². The van der Waals surface area contributed by atoms with E-state index in [1.165, 1.54) is 0 Å². The summed E-state index contributed by atoms with van der Waals surface area (Å²) in [5.41, 5.74) is 0.609. The number of carbonyl (C=O) groups excluding carboxylic acids is 1. The smallest absolute Gasteiger partial charge is 0.248 e. The van der Waals surface area contributed by atoms with Gasteiger partial charge in [-0.1, -0.05) is 23.7 Å². The zero-order valence-electron chi connectivity index (χ0n) is 9.30. The van der Waals surface area contributed by atoms with Gasteiger partial charge in [0, 0.05) is 12.4 Å². The van der Waals surface area contributed by atoms with E-state index in [0.717, 1.165) is 0 Å². The molecule has 0 aliphatic heterocycles. The molecule has 0 fully saturated rings. The number of hydrogen-bond acceptors (Lipinski definition) is 2. The molecule has 1 aromatic heterocycles. The van der Waals surface area contributed by atoms with E-state index in [9.17, 15) is 4.79 Å². The van der Waals surface area contributed by atoms with Crippen molar-refractivity contribution in [3.63, 3.8) is 0 Å². The number of halogens is 1. The normalized spacial score (nSPS) is 12.1. The van der Waals surface area contributed by atoms with Crippen LogP contribution in [-0.2, 0) is 4.79 Å². The molecule has 1 aromatic carbocycles. The highest BCUT2D eigenvalue weighted by molar-refractivity contribution is 6.33. The Morgan fingerprint density at radius 3 is 2.82 bits per heavy atom. The molecule has 1 N–H and O–H groups in total. The maximum Gasteiger partial charge on any atom is 0.248 e. The number of rotatable bonds is 3. The number of para-hydroxylation sites is 1. The number of nitrogens with zero attached hydrogens (tertiary/aromatic N) is 2. The summed E-state index contributed by atoms with van der Waals surface area (Å²) < 4.78 is 1.59. The summed E-state index contributed by atoms with van der Waals surface area (Å²) in [6.45, 7) is 1.78. The van der Waals surface area contributed by atoms with Crippen LogP contribution in [0.15, 0.2) is 42.7 Å². The maximum absolute atomic E-state index is 11.9. The van der Waals surface area contributed by atoms with Gasteiger partial charge < -0.3 is 5.32 Å². The van der Waals surface area contributed by atoms with Gasteiger partial charge in [0.15, 0.2) is 0 Å². The minimum atomic E-state index is -0.374. The zero-order valence-corrected chi connectivity index (χ0v) is 10.1. The number of benzene rings is 1. The molecule has 2 rings (SSSR count). The number of anilines is 1. The minimum Gasteiger partial charge on any atom is -0.323 e. The van der Waals surface area contributed by atoms with Gasteiger partial charge in [0.2, 0.25) is 5.91 Å². The Morgan fingerprint density at radius 2 is 2.18 bits per heavy atom. The summed E-state index contributed by atoms with van der Waals surface area (Å²) >= 11 is 5.96. The van der Waals surface area contributed by atoms with Crippen molar-refractivity contribution < 1.29 is 4.79 Å². The Balaban J connectivity index is 2.10. The summed E-state index contributed by atoms with van der Waals surface area (Å²) in [5, 5.41) is 7.31. The van der Waals surface area contributed by atoms with Crippen LogP contribution in [0.1, 0.15) is 13.0 Å². The first-order valence-corrected chi connectivity index (χ1v) is 5.61. The van der Waals surface area contributed by atoms with Crippen LogP contribution in [0, 0.1) is 0 Å². The van der Waals surface area contributed by atoms with Gasteiger partial charge in [-0.05, 0) is 25.1 Å². The first kappa shape index (κ1) is 11.7. The van der Waals surface area contributed by atoms with Crippen LogP contribution in [0.5, 0.6) is 0 Å². The summed E-state index contributed by atoms with van der Waals surface area (Å²) in [7, 11) is 0. The van der Waals surface area contributed by atoms with Gasteiger partial charge in [0.05, 0.1) is 10.7 Å². The van der Waals surface area contributed by atoms with Crippen molar-refractivity contribution in [2.75, 3.05) is 5.32 Å². The van der Waals surface area contributed by atoms with E-state index in [0.29, 0.717) is 10.7 Å². The van der Waals surface area contributed by atoms with Crippen molar-refractivity contribution in [3.8, 4) is 0 Å². The third-order valence-electron chi connectivity index (χ3n) is 2.43. The first-order chi connectivity index (χ1) is 8.18. The monoisotopic (exact) mass is 249 g/mol. The highest BCUT2D eigenvalue weighted by Gasteiger charge is 2.15. The highest BCUT2D eigenvalue weighted by Crippen LogP contribution is 2.21. The van der Waals surface area contributed by atoms with Crippen LogP contribution >= 0.6 is 11.6 Å². The summed E-state index contributed by atoms with van der Waals surface area (Å²) in [5.74, 6) is -0.151. The lowest BCUT2D eigenvalue weighted by Crippen LogP contribution is -2.24. The number of amides is 1. The molecule has 1 amide bonds. The Labute approximate surface area is 104 Å². The number of carbonyl (C=O) groups is 1. The van der Waals surface area contributed by atoms with Gasteiger partial charge in [-0.15, -0.1) is 0 Å². The van der Waals surface area contributed by atoms with Crippen LogP contribution in [-0.4, -0.2) is 15.7 Å². The molecule has 0 radical (unpaired) electrons. The molecule has 0 saturated heterocycles. The largest absolute Gasteiger partial charge is 0.323 e. The van der Waals surface area contributed by atoms with Crippen molar-refractivity contribution in [1.29, 1.82) is 0 Å². The predicted molar refractivity (Wildman–Crippen MR) is 67.0 cm³/mol. The third-order valence-corrected chi connectivity index (χ3v) is 2.76. The lowest BCUT2D eigenvalue weighted by atomic mass is 10.2. The molecule has 88 valence electrons. The molecule has 1 heterocycles. The zero-order chi connectivity index (χ0) is 12.3.